The predicted molar refractivity (Wildman–Crippen MR) is 114 cm³/mol. The SMILES string of the molecule is CN(C)c1ccc(C2=NNC(c3ccc(Cl)cc3)=Nc3ccccc32)cc1. The molecule has 134 valence electrons. The molecule has 0 atom stereocenters. The van der Waals surface area contributed by atoms with E-state index in [-0.39, 0.29) is 0 Å². The number of nitrogens with one attached hydrogen (secondary N) is 1. The van der Waals surface area contributed by atoms with Crippen LogP contribution in [0.15, 0.2) is 82.9 Å². The Morgan fingerprint density at radius 2 is 1.48 bits per heavy atom. The van der Waals surface area contributed by atoms with E-state index in [9.17, 15) is 0 Å². The molecule has 27 heavy (non-hydrogen) atoms. The molecule has 0 radical (unpaired) electrons. The third kappa shape index (κ3) is 3.57. The minimum absolute atomic E-state index is 0.693. The number of hydrazone groups is 1. The molecule has 0 unspecified atom stereocenters. The molecule has 1 aliphatic heterocycles. The average Bonchev–Trinajstić information content (AvgIpc) is 2.88. The van der Waals surface area contributed by atoms with Crippen LogP contribution in [0.1, 0.15) is 16.7 Å². The highest BCUT2D eigenvalue weighted by Crippen LogP contribution is 2.26. The summed E-state index contributed by atoms with van der Waals surface area (Å²) in [4.78, 5) is 6.88. The lowest BCUT2D eigenvalue weighted by atomic mass is 10.0. The van der Waals surface area contributed by atoms with Crippen molar-refractivity contribution >= 4 is 34.5 Å². The molecule has 1 aliphatic rings. The molecular weight excluding hydrogens is 356 g/mol. The topological polar surface area (TPSA) is 40.0 Å². The van der Waals surface area contributed by atoms with Crippen LogP contribution in [-0.2, 0) is 0 Å². The lowest BCUT2D eigenvalue weighted by Gasteiger charge is -2.13. The van der Waals surface area contributed by atoms with Crippen LogP contribution in [0.5, 0.6) is 0 Å². The van der Waals surface area contributed by atoms with Gasteiger partial charge in [-0.05, 0) is 42.5 Å². The summed E-state index contributed by atoms with van der Waals surface area (Å²) in [6.07, 6.45) is 0. The number of hydrogen-bond acceptors (Lipinski definition) is 4. The maximum absolute atomic E-state index is 6.01. The van der Waals surface area contributed by atoms with E-state index < -0.39 is 0 Å². The number of amidine groups is 1. The summed E-state index contributed by atoms with van der Waals surface area (Å²) in [6.45, 7) is 0. The average molecular weight is 375 g/mol. The minimum Gasteiger partial charge on any atom is -0.378 e. The maximum atomic E-state index is 6.01. The van der Waals surface area contributed by atoms with Crippen molar-refractivity contribution in [3.8, 4) is 0 Å². The first kappa shape index (κ1) is 17.3. The maximum Gasteiger partial charge on any atom is 0.154 e. The second-order valence-corrected chi connectivity index (χ2v) is 6.93. The zero-order valence-electron chi connectivity index (χ0n) is 15.1. The van der Waals surface area contributed by atoms with Gasteiger partial charge in [0.05, 0.1) is 11.4 Å². The predicted octanol–water partition coefficient (Wildman–Crippen LogP) is 4.84. The Morgan fingerprint density at radius 1 is 0.815 bits per heavy atom. The number of halogens is 1. The van der Waals surface area contributed by atoms with E-state index >= 15 is 0 Å². The van der Waals surface area contributed by atoms with Crippen molar-refractivity contribution in [2.24, 2.45) is 10.1 Å². The Balaban J connectivity index is 1.78. The third-order valence-electron chi connectivity index (χ3n) is 4.44. The highest BCUT2D eigenvalue weighted by Gasteiger charge is 2.16. The Hall–Kier alpha value is -3.11. The second-order valence-electron chi connectivity index (χ2n) is 6.50. The van der Waals surface area contributed by atoms with E-state index in [0.717, 1.165) is 33.8 Å². The standard InChI is InChI=1S/C22H19ClN4/c1-27(2)18-13-9-15(10-14-18)21-19-5-3-4-6-20(19)24-22(26-25-21)16-7-11-17(23)12-8-16/h3-14H,1-2H3,(H,24,26). The Labute approximate surface area is 163 Å². The number of fused-ring (bicyclic) bond motifs is 1. The normalized spacial score (nSPS) is 13.0. The number of hydrogen-bond donors (Lipinski definition) is 1. The Morgan fingerprint density at radius 3 is 2.19 bits per heavy atom. The van der Waals surface area contributed by atoms with Crippen LogP contribution >= 0.6 is 11.6 Å². The lowest BCUT2D eigenvalue weighted by Crippen LogP contribution is -2.19. The van der Waals surface area contributed by atoms with Gasteiger partial charge in [-0.2, -0.15) is 5.10 Å². The first-order valence-corrected chi connectivity index (χ1v) is 9.05. The lowest BCUT2D eigenvalue weighted by molar-refractivity contribution is 1.03. The van der Waals surface area contributed by atoms with Crippen molar-refractivity contribution in [1.29, 1.82) is 0 Å². The van der Waals surface area contributed by atoms with Gasteiger partial charge in [0, 0.05) is 41.5 Å². The first-order chi connectivity index (χ1) is 13.1. The molecule has 1 N–H and O–H groups in total. The number of para-hydroxylation sites is 1. The zero-order valence-corrected chi connectivity index (χ0v) is 15.9. The number of nitrogens with zero attached hydrogens (tertiary/aromatic N) is 3. The molecule has 0 spiro atoms. The summed E-state index contributed by atoms with van der Waals surface area (Å²) in [5.41, 5.74) is 8.98. The molecule has 4 rings (SSSR count). The molecule has 0 bridgehead atoms. The second kappa shape index (κ2) is 7.25. The van der Waals surface area contributed by atoms with E-state index in [4.69, 9.17) is 16.6 Å². The summed E-state index contributed by atoms with van der Waals surface area (Å²) < 4.78 is 0. The minimum atomic E-state index is 0.693. The van der Waals surface area contributed by atoms with Gasteiger partial charge >= 0.3 is 0 Å². The molecule has 4 nitrogen and oxygen atoms in total. The van der Waals surface area contributed by atoms with E-state index in [2.05, 4.69) is 39.7 Å². The van der Waals surface area contributed by atoms with Gasteiger partial charge in [0.2, 0.25) is 0 Å². The fourth-order valence-corrected chi connectivity index (χ4v) is 3.09. The molecule has 1 heterocycles. The van der Waals surface area contributed by atoms with Crippen LogP contribution in [-0.4, -0.2) is 25.6 Å². The molecule has 3 aromatic rings. The molecule has 0 fully saturated rings. The fourth-order valence-electron chi connectivity index (χ4n) is 2.96. The number of anilines is 1. The van der Waals surface area contributed by atoms with E-state index in [1.54, 1.807) is 0 Å². The van der Waals surface area contributed by atoms with Gasteiger partial charge in [0.25, 0.3) is 0 Å². The first-order valence-electron chi connectivity index (χ1n) is 8.67. The molecule has 0 saturated heterocycles. The van der Waals surface area contributed by atoms with Gasteiger partial charge in [0.15, 0.2) is 5.84 Å². The van der Waals surface area contributed by atoms with Crippen LogP contribution in [0.3, 0.4) is 0 Å². The largest absolute Gasteiger partial charge is 0.378 e. The number of aliphatic imine (C=N–C) groups is 1. The molecule has 0 aliphatic carbocycles. The van der Waals surface area contributed by atoms with Crippen LogP contribution in [0.4, 0.5) is 11.4 Å². The summed E-state index contributed by atoms with van der Waals surface area (Å²) in [7, 11) is 4.06. The van der Waals surface area contributed by atoms with E-state index in [0.29, 0.717) is 10.9 Å². The van der Waals surface area contributed by atoms with Crippen molar-refractivity contribution in [3.63, 3.8) is 0 Å². The molecular formula is C22H19ClN4. The van der Waals surface area contributed by atoms with Gasteiger partial charge in [-0.25, -0.2) is 4.99 Å². The van der Waals surface area contributed by atoms with Crippen molar-refractivity contribution in [2.75, 3.05) is 19.0 Å². The third-order valence-corrected chi connectivity index (χ3v) is 4.69. The van der Waals surface area contributed by atoms with Crippen LogP contribution in [0.25, 0.3) is 0 Å². The zero-order chi connectivity index (χ0) is 18.8. The highest BCUT2D eigenvalue weighted by molar-refractivity contribution is 6.30. The Kier molecular flexibility index (Phi) is 4.65. The smallest absolute Gasteiger partial charge is 0.154 e. The summed E-state index contributed by atoms with van der Waals surface area (Å²) in [5, 5.41) is 5.37. The van der Waals surface area contributed by atoms with Crippen LogP contribution in [0, 0.1) is 0 Å². The highest BCUT2D eigenvalue weighted by atomic mass is 35.5. The molecule has 3 aromatic carbocycles. The molecule has 0 aromatic heterocycles. The molecule has 0 amide bonds. The molecule has 0 saturated carbocycles. The monoisotopic (exact) mass is 374 g/mol. The van der Waals surface area contributed by atoms with Crippen molar-refractivity contribution in [1.82, 2.24) is 5.43 Å². The van der Waals surface area contributed by atoms with Crippen molar-refractivity contribution in [3.05, 3.63) is 94.5 Å². The van der Waals surface area contributed by atoms with Crippen molar-refractivity contribution in [2.45, 2.75) is 0 Å². The fraction of sp³-hybridized carbons (Fsp3) is 0.0909. The van der Waals surface area contributed by atoms with Crippen LogP contribution < -0.4 is 10.3 Å². The Bertz CT molecular complexity index is 1020. The van der Waals surface area contributed by atoms with Gasteiger partial charge < -0.3 is 4.90 Å². The number of rotatable bonds is 3. The van der Waals surface area contributed by atoms with Gasteiger partial charge in [-0.1, -0.05) is 41.9 Å². The van der Waals surface area contributed by atoms with Gasteiger partial charge in [0.1, 0.15) is 0 Å². The number of benzene rings is 3. The van der Waals surface area contributed by atoms with Crippen LogP contribution in [0.2, 0.25) is 5.02 Å². The van der Waals surface area contributed by atoms with Gasteiger partial charge in [-0.3, -0.25) is 5.43 Å². The van der Waals surface area contributed by atoms with Crippen molar-refractivity contribution < 1.29 is 0 Å². The molecule has 5 heteroatoms. The van der Waals surface area contributed by atoms with Gasteiger partial charge in [-0.15, -0.1) is 0 Å². The van der Waals surface area contributed by atoms with E-state index in [1.165, 1.54) is 0 Å². The summed E-state index contributed by atoms with van der Waals surface area (Å²) >= 11 is 6.01. The quantitative estimate of drug-likeness (QED) is 0.712. The van der Waals surface area contributed by atoms with E-state index in [1.807, 2.05) is 62.6 Å². The summed E-state index contributed by atoms with van der Waals surface area (Å²) in [6, 6.07) is 24.0. The summed E-state index contributed by atoms with van der Waals surface area (Å²) in [5.74, 6) is 0.694.